The molecule has 1 saturated carbocycles. The van der Waals surface area contributed by atoms with Gasteiger partial charge in [-0.2, -0.15) is 0 Å². The second kappa shape index (κ2) is 4.98. The summed E-state index contributed by atoms with van der Waals surface area (Å²) < 4.78 is 0. The normalized spacial score (nSPS) is 19.3. The summed E-state index contributed by atoms with van der Waals surface area (Å²) in [6, 6.07) is 6.91. The van der Waals surface area contributed by atoms with Gasteiger partial charge < -0.3 is 5.32 Å². The molecule has 3 rings (SSSR count). The summed E-state index contributed by atoms with van der Waals surface area (Å²) in [5.74, 6) is 6.22. The van der Waals surface area contributed by atoms with Gasteiger partial charge in [0.1, 0.15) is 0 Å². The molecule has 96 valence electrons. The Morgan fingerprint density at radius 3 is 2.83 bits per heavy atom. The van der Waals surface area contributed by atoms with Crippen LogP contribution < -0.4 is 16.6 Å². The standard InChI is InChI=1S/C14H20N4/c15-18-14(16-11-8-9-11)17-13-7-3-5-10-4-1-2-6-12(10)13/h3,5,7,11H,1-2,4,6,8-9,15H2,(H2,16,17,18). The van der Waals surface area contributed by atoms with Gasteiger partial charge in [0, 0.05) is 5.69 Å². The minimum absolute atomic E-state index is 0.461. The smallest absolute Gasteiger partial charge is 0.210 e. The maximum atomic E-state index is 5.53. The minimum atomic E-state index is 0.461. The molecule has 2 aliphatic rings. The first kappa shape index (κ1) is 11.5. The van der Waals surface area contributed by atoms with Crippen LogP contribution in [0.5, 0.6) is 0 Å². The summed E-state index contributed by atoms with van der Waals surface area (Å²) in [6.07, 6.45) is 7.28. The molecule has 2 aliphatic carbocycles. The van der Waals surface area contributed by atoms with Crippen LogP contribution in [0, 0.1) is 0 Å². The molecular formula is C14H20N4. The van der Waals surface area contributed by atoms with Crippen LogP contribution in [0.25, 0.3) is 0 Å². The molecule has 0 radical (unpaired) electrons. The molecule has 0 saturated heterocycles. The van der Waals surface area contributed by atoms with Crippen molar-refractivity contribution in [2.75, 3.05) is 5.32 Å². The molecule has 0 aromatic heterocycles. The Balaban J connectivity index is 1.83. The fourth-order valence-electron chi connectivity index (χ4n) is 2.52. The lowest BCUT2D eigenvalue weighted by atomic mass is 9.90. The van der Waals surface area contributed by atoms with Gasteiger partial charge in [-0.3, -0.25) is 5.43 Å². The third kappa shape index (κ3) is 2.48. The van der Waals surface area contributed by atoms with Crippen LogP contribution in [0.15, 0.2) is 23.2 Å². The third-order valence-corrected chi connectivity index (χ3v) is 3.64. The van der Waals surface area contributed by atoms with E-state index in [-0.39, 0.29) is 0 Å². The van der Waals surface area contributed by atoms with Gasteiger partial charge in [-0.25, -0.2) is 10.8 Å². The van der Waals surface area contributed by atoms with E-state index in [4.69, 9.17) is 5.84 Å². The maximum Gasteiger partial charge on any atom is 0.210 e. The van der Waals surface area contributed by atoms with E-state index in [9.17, 15) is 0 Å². The molecular weight excluding hydrogens is 224 g/mol. The predicted molar refractivity (Wildman–Crippen MR) is 74.5 cm³/mol. The van der Waals surface area contributed by atoms with Crippen molar-refractivity contribution in [2.45, 2.75) is 44.6 Å². The zero-order valence-electron chi connectivity index (χ0n) is 10.6. The summed E-state index contributed by atoms with van der Waals surface area (Å²) in [5.41, 5.74) is 6.72. The molecule has 4 heteroatoms. The number of hydrogen-bond donors (Lipinski definition) is 3. The predicted octanol–water partition coefficient (Wildman–Crippen LogP) is 1.96. The van der Waals surface area contributed by atoms with Crippen LogP contribution in [0.1, 0.15) is 36.8 Å². The summed E-state index contributed by atoms with van der Waals surface area (Å²) >= 11 is 0. The first-order valence-corrected chi connectivity index (χ1v) is 6.79. The Labute approximate surface area is 108 Å². The van der Waals surface area contributed by atoms with Gasteiger partial charge in [-0.1, -0.05) is 12.1 Å². The molecule has 4 nitrogen and oxygen atoms in total. The number of nitrogens with two attached hydrogens (primary N) is 1. The van der Waals surface area contributed by atoms with Crippen molar-refractivity contribution in [3.05, 3.63) is 29.3 Å². The van der Waals surface area contributed by atoms with Gasteiger partial charge in [-0.05, 0) is 55.7 Å². The Kier molecular flexibility index (Phi) is 3.19. The van der Waals surface area contributed by atoms with Crippen LogP contribution in [-0.4, -0.2) is 12.0 Å². The lowest BCUT2D eigenvalue weighted by Crippen LogP contribution is -2.37. The van der Waals surface area contributed by atoms with E-state index < -0.39 is 0 Å². The third-order valence-electron chi connectivity index (χ3n) is 3.64. The molecule has 1 aromatic rings. The average molecular weight is 244 g/mol. The summed E-state index contributed by atoms with van der Waals surface area (Å²) in [4.78, 5) is 4.52. The van der Waals surface area contributed by atoms with E-state index in [2.05, 4.69) is 33.9 Å². The SMILES string of the molecule is NNC(=NC1CC1)Nc1cccc2c1CCCC2. The Morgan fingerprint density at radius 1 is 1.22 bits per heavy atom. The number of nitrogens with zero attached hydrogens (tertiary/aromatic N) is 1. The van der Waals surface area contributed by atoms with Crippen molar-refractivity contribution in [2.24, 2.45) is 10.8 Å². The molecule has 1 fully saturated rings. The molecule has 1 aromatic carbocycles. The topological polar surface area (TPSA) is 62.4 Å². The number of aliphatic imine (C=N–C) groups is 1. The van der Waals surface area contributed by atoms with Crippen LogP contribution in [0.3, 0.4) is 0 Å². The van der Waals surface area contributed by atoms with Crippen LogP contribution in [0.2, 0.25) is 0 Å². The van der Waals surface area contributed by atoms with Gasteiger partial charge in [0.25, 0.3) is 0 Å². The highest BCUT2D eigenvalue weighted by Gasteiger charge is 2.21. The molecule has 0 aliphatic heterocycles. The van der Waals surface area contributed by atoms with Crippen molar-refractivity contribution >= 4 is 11.6 Å². The van der Waals surface area contributed by atoms with Crippen LogP contribution in [0.4, 0.5) is 5.69 Å². The van der Waals surface area contributed by atoms with Crippen molar-refractivity contribution in [1.29, 1.82) is 0 Å². The number of rotatable bonds is 2. The second-order valence-corrected chi connectivity index (χ2v) is 5.13. The number of guanidine groups is 1. The number of hydrogen-bond acceptors (Lipinski definition) is 2. The molecule has 4 N–H and O–H groups in total. The monoisotopic (exact) mass is 244 g/mol. The van der Waals surface area contributed by atoms with Crippen molar-refractivity contribution < 1.29 is 0 Å². The number of benzene rings is 1. The van der Waals surface area contributed by atoms with E-state index in [1.54, 1.807) is 0 Å². The maximum absolute atomic E-state index is 5.53. The molecule has 0 bridgehead atoms. The van der Waals surface area contributed by atoms with E-state index in [0.717, 1.165) is 12.1 Å². The fraction of sp³-hybridized carbons (Fsp3) is 0.500. The lowest BCUT2D eigenvalue weighted by Gasteiger charge is -2.20. The number of hydrazine groups is 1. The molecule has 0 amide bonds. The highest BCUT2D eigenvalue weighted by Crippen LogP contribution is 2.28. The Bertz CT molecular complexity index is 463. The molecule has 0 atom stereocenters. The minimum Gasteiger partial charge on any atom is -0.325 e. The molecule has 18 heavy (non-hydrogen) atoms. The highest BCUT2D eigenvalue weighted by atomic mass is 15.3. The van der Waals surface area contributed by atoms with E-state index in [0.29, 0.717) is 12.0 Å². The van der Waals surface area contributed by atoms with E-state index in [1.807, 2.05) is 0 Å². The first-order chi connectivity index (χ1) is 8.86. The quantitative estimate of drug-likeness (QED) is 0.322. The lowest BCUT2D eigenvalue weighted by molar-refractivity contribution is 0.687. The van der Waals surface area contributed by atoms with Gasteiger partial charge >= 0.3 is 0 Å². The largest absolute Gasteiger partial charge is 0.325 e. The fourth-order valence-corrected chi connectivity index (χ4v) is 2.52. The van der Waals surface area contributed by atoms with Crippen LogP contribution in [-0.2, 0) is 12.8 Å². The zero-order chi connectivity index (χ0) is 12.4. The van der Waals surface area contributed by atoms with Gasteiger partial charge in [0.2, 0.25) is 5.96 Å². The van der Waals surface area contributed by atoms with Gasteiger partial charge in [0.05, 0.1) is 6.04 Å². The summed E-state index contributed by atoms with van der Waals surface area (Å²) in [6.45, 7) is 0. The van der Waals surface area contributed by atoms with Crippen LogP contribution >= 0.6 is 0 Å². The Morgan fingerprint density at radius 2 is 2.06 bits per heavy atom. The number of aryl methyl sites for hydroxylation is 1. The number of fused-ring (bicyclic) bond motifs is 1. The van der Waals surface area contributed by atoms with Gasteiger partial charge in [0.15, 0.2) is 0 Å². The highest BCUT2D eigenvalue weighted by molar-refractivity contribution is 5.94. The Hall–Kier alpha value is -1.55. The molecule has 0 heterocycles. The summed E-state index contributed by atoms with van der Waals surface area (Å²) in [7, 11) is 0. The van der Waals surface area contributed by atoms with E-state index >= 15 is 0 Å². The number of nitrogens with one attached hydrogen (secondary N) is 2. The first-order valence-electron chi connectivity index (χ1n) is 6.79. The van der Waals surface area contributed by atoms with Crippen molar-refractivity contribution in [3.8, 4) is 0 Å². The van der Waals surface area contributed by atoms with Crippen molar-refractivity contribution in [1.82, 2.24) is 5.43 Å². The van der Waals surface area contributed by atoms with Gasteiger partial charge in [-0.15, -0.1) is 0 Å². The summed E-state index contributed by atoms with van der Waals surface area (Å²) in [5, 5.41) is 3.34. The number of anilines is 1. The molecule has 0 unspecified atom stereocenters. The zero-order valence-corrected chi connectivity index (χ0v) is 10.6. The van der Waals surface area contributed by atoms with Crippen molar-refractivity contribution in [3.63, 3.8) is 0 Å². The molecule has 0 spiro atoms. The van der Waals surface area contributed by atoms with E-state index in [1.165, 1.54) is 43.2 Å². The second-order valence-electron chi connectivity index (χ2n) is 5.13. The average Bonchev–Trinajstić information content (AvgIpc) is 3.22.